The summed E-state index contributed by atoms with van der Waals surface area (Å²) < 4.78 is 12.0. The molecular weight excluding hydrogens is 454 g/mol. The first-order valence-corrected chi connectivity index (χ1v) is 13.2. The summed E-state index contributed by atoms with van der Waals surface area (Å²) in [6.07, 6.45) is 7.76. The van der Waals surface area contributed by atoms with Crippen LogP contribution in [0.15, 0.2) is 24.5 Å². The number of nitrogens with zero attached hydrogens (tertiary/aromatic N) is 3. The Balaban J connectivity index is 2.07. The van der Waals surface area contributed by atoms with E-state index in [9.17, 15) is 9.90 Å². The monoisotopic (exact) mass is 497 g/mol. The smallest absolute Gasteiger partial charge is 0.337 e. The minimum Gasteiger partial charge on any atom is -0.492 e. The quantitative estimate of drug-likeness (QED) is 0.371. The lowest BCUT2D eigenvalue weighted by Gasteiger charge is -2.40. The summed E-state index contributed by atoms with van der Waals surface area (Å²) in [6, 6.07) is 3.86. The minimum absolute atomic E-state index is 0.252. The molecule has 1 aliphatic rings. The van der Waals surface area contributed by atoms with Crippen molar-refractivity contribution in [3.63, 3.8) is 0 Å². The highest BCUT2D eigenvalue weighted by Gasteiger charge is 2.35. The van der Waals surface area contributed by atoms with E-state index in [1.807, 2.05) is 46.0 Å². The van der Waals surface area contributed by atoms with Crippen molar-refractivity contribution in [2.45, 2.75) is 92.3 Å². The Kier molecular flexibility index (Phi) is 8.98. The SMILES string of the molecule is CCCCCOc1ccc(-c2cnc(C)c(C(OC(C)(C)C)C(=O)O)c2N2CCC(C)(C)CC2)nc1. The van der Waals surface area contributed by atoms with Crippen LogP contribution in [0.5, 0.6) is 5.75 Å². The van der Waals surface area contributed by atoms with Crippen LogP contribution in [0.2, 0.25) is 0 Å². The molecule has 7 heteroatoms. The van der Waals surface area contributed by atoms with Gasteiger partial charge in [0.2, 0.25) is 0 Å². The van der Waals surface area contributed by atoms with Crippen LogP contribution in [0.1, 0.15) is 91.0 Å². The number of ether oxygens (including phenoxy) is 2. The molecule has 2 aromatic heterocycles. The summed E-state index contributed by atoms with van der Waals surface area (Å²) in [5.41, 5.74) is 3.30. The molecule has 3 heterocycles. The van der Waals surface area contributed by atoms with Crippen LogP contribution in [0.4, 0.5) is 5.69 Å². The Hall–Kier alpha value is -2.67. The molecule has 1 atom stereocenters. The van der Waals surface area contributed by atoms with E-state index in [0.717, 1.165) is 67.9 Å². The average molecular weight is 498 g/mol. The molecule has 0 amide bonds. The molecule has 2 aromatic rings. The predicted molar refractivity (Wildman–Crippen MR) is 144 cm³/mol. The Morgan fingerprint density at radius 3 is 2.39 bits per heavy atom. The number of aryl methyl sites for hydroxylation is 1. The normalized spacial score (nSPS) is 16.6. The zero-order valence-corrected chi connectivity index (χ0v) is 23.1. The van der Waals surface area contributed by atoms with E-state index >= 15 is 0 Å². The van der Waals surface area contributed by atoms with E-state index in [0.29, 0.717) is 17.9 Å². The number of carboxylic acid groups (broad SMARTS) is 1. The third-order valence-corrected chi connectivity index (χ3v) is 6.71. The molecule has 0 saturated carbocycles. The number of rotatable bonds is 10. The van der Waals surface area contributed by atoms with Gasteiger partial charge in [-0.3, -0.25) is 9.97 Å². The molecule has 0 spiro atoms. The Bertz CT molecular complexity index is 1020. The number of piperidine rings is 1. The van der Waals surface area contributed by atoms with Crippen molar-refractivity contribution in [1.82, 2.24) is 9.97 Å². The van der Waals surface area contributed by atoms with Gasteiger partial charge < -0.3 is 19.5 Å². The molecule has 3 rings (SSSR count). The van der Waals surface area contributed by atoms with Crippen LogP contribution < -0.4 is 9.64 Å². The molecule has 1 aliphatic heterocycles. The molecule has 0 bridgehead atoms. The zero-order valence-electron chi connectivity index (χ0n) is 23.1. The second kappa shape index (κ2) is 11.6. The largest absolute Gasteiger partial charge is 0.492 e. The first-order valence-electron chi connectivity index (χ1n) is 13.2. The van der Waals surface area contributed by atoms with Crippen molar-refractivity contribution < 1.29 is 19.4 Å². The van der Waals surface area contributed by atoms with Crippen LogP contribution in [-0.4, -0.2) is 46.3 Å². The number of carboxylic acids is 1. The van der Waals surface area contributed by atoms with Gasteiger partial charge in [-0.1, -0.05) is 33.6 Å². The summed E-state index contributed by atoms with van der Waals surface area (Å²) in [4.78, 5) is 24.1. The molecule has 0 radical (unpaired) electrons. The Morgan fingerprint density at radius 1 is 1.14 bits per heavy atom. The highest BCUT2D eigenvalue weighted by atomic mass is 16.5. The summed E-state index contributed by atoms with van der Waals surface area (Å²) in [6.45, 7) is 16.6. The maximum Gasteiger partial charge on any atom is 0.337 e. The highest BCUT2D eigenvalue weighted by molar-refractivity contribution is 5.85. The number of unbranched alkanes of at least 4 members (excludes halogenated alkanes) is 2. The van der Waals surface area contributed by atoms with Crippen molar-refractivity contribution in [2.24, 2.45) is 5.41 Å². The van der Waals surface area contributed by atoms with E-state index in [1.165, 1.54) is 0 Å². The Morgan fingerprint density at radius 2 is 1.83 bits per heavy atom. The van der Waals surface area contributed by atoms with Gasteiger partial charge in [-0.05, 0) is 64.5 Å². The summed E-state index contributed by atoms with van der Waals surface area (Å²) in [5.74, 6) is -0.287. The molecular formula is C29H43N3O4. The van der Waals surface area contributed by atoms with Gasteiger partial charge in [0.25, 0.3) is 0 Å². The van der Waals surface area contributed by atoms with Crippen molar-refractivity contribution in [1.29, 1.82) is 0 Å². The Labute approximate surface area is 216 Å². The fourth-order valence-electron chi connectivity index (χ4n) is 4.54. The summed E-state index contributed by atoms with van der Waals surface area (Å²) >= 11 is 0. The van der Waals surface area contributed by atoms with Crippen LogP contribution in [0.25, 0.3) is 11.3 Å². The number of anilines is 1. The van der Waals surface area contributed by atoms with E-state index in [1.54, 1.807) is 6.20 Å². The number of pyridine rings is 2. The van der Waals surface area contributed by atoms with E-state index in [2.05, 4.69) is 30.7 Å². The fraction of sp³-hybridized carbons (Fsp3) is 0.621. The second-order valence-electron chi connectivity index (χ2n) is 11.6. The molecule has 7 nitrogen and oxygen atoms in total. The lowest BCUT2D eigenvalue weighted by atomic mass is 9.82. The fourth-order valence-corrected chi connectivity index (χ4v) is 4.54. The number of carbonyl (C=O) groups is 1. The van der Waals surface area contributed by atoms with Gasteiger partial charge in [0, 0.05) is 36.1 Å². The van der Waals surface area contributed by atoms with Gasteiger partial charge >= 0.3 is 5.97 Å². The third-order valence-electron chi connectivity index (χ3n) is 6.71. The predicted octanol–water partition coefficient (Wildman–Crippen LogP) is 6.59. The number of hydrogen-bond acceptors (Lipinski definition) is 6. The van der Waals surface area contributed by atoms with E-state index < -0.39 is 17.7 Å². The van der Waals surface area contributed by atoms with E-state index in [4.69, 9.17) is 14.5 Å². The van der Waals surface area contributed by atoms with Gasteiger partial charge in [-0.15, -0.1) is 0 Å². The minimum atomic E-state index is -1.14. The molecule has 1 N–H and O–H groups in total. The summed E-state index contributed by atoms with van der Waals surface area (Å²) in [7, 11) is 0. The second-order valence-corrected chi connectivity index (χ2v) is 11.6. The topological polar surface area (TPSA) is 84.8 Å². The number of aliphatic carboxylic acids is 1. The van der Waals surface area contributed by atoms with Crippen molar-refractivity contribution in [3.05, 3.63) is 35.8 Å². The molecule has 36 heavy (non-hydrogen) atoms. The lowest BCUT2D eigenvalue weighted by Crippen LogP contribution is -2.39. The molecule has 0 aliphatic carbocycles. The van der Waals surface area contributed by atoms with Gasteiger partial charge in [0.05, 0.1) is 29.8 Å². The number of aromatic nitrogens is 2. The third kappa shape index (κ3) is 7.19. The maximum absolute atomic E-state index is 12.5. The zero-order chi connectivity index (χ0) is 26.5. The van der Waals surface area contributed by atoms with Crippen molar-refractivity contribution in [2.75, 3.05) is 24.6 Å². The van der Waals surface area contributed by atoms with E-state index in [-0.39, 0.29) is 5.41 Å². The van der Waals surface area contributed by atoms with Gasteiger partial charge in [-0.2, -0.15) is 0 Å². The molecule has 1 unspecified atom stereocenters. The maximum atomic E-state index is 12.5. The van der Waals surface area contributed by atoms with Crippen molar-refractivity contribution >= 4 is 11.7 Å². The van der Waals surface area contributed by atoms with Gasteiger partial charge in [-0.25, -0.2) is 4.79 Å². The molecule has 1 saturated heterocycles. The van der Waals surface area contributed by atoms with Gasteiger partial charge in [0.1, 0.15) is 5.75 Å². The molecule has 198 valence electrons. The standard InChI is InChI=1S/C29H43N3O4/c1-8-9-10-17-35-21-11-12-23(31-18-21)22-19-30-20(2)24(26(27(33)34)36-28(3,4)5)25(22)32-15-13-29(6,7)14-16-32/h11-12,18-19,26H,8-10,13-17H2,1-7H3,(H,33,34). The average Bonchev–Trinajstić information content (AvgIpc) is 2.80. The lowest BCUT2D eigenvalue weighted by molar-refractivity contribution is -0.160. The summed E-state index contributed by atoms with van der Waals surface area (Å²) in [5, 5.41) is 10.2. The van der Waals surface area contributed by atoms with Crippen LogP contribution in [-0.2, 0) is 9.53 Å². The highest BCUT2D eigenvalue weighted by Crippen LogP contribution is 2.43. The first kappa shape index (κ1) is 27.9. The van der Waals surface area contributed by atoms with Crippen LogP contribution >= 0.6 is 0 Å². The van der Waals surface area contributed by atoms with Crippen LogP contribution in [0, 0.1) is 12.3 Å². The van der Waals surface area contributed by atoms with Gasteiger partial charge in [0.15, 0.2) is 6.10 Å². The molecule has 0 aromatic carbocycles. The molecule has 1 fully saturated rings. The van der Waals surface area contributed by atoms with Crippen LogP contribution in [0.3, 0.4) is 0 Å². The van der Waals surface area contributed by atoms with Crippen molar-refractivity contribution in [3.8, 4) is 17.0 Å². The first-order chi connectivity index (χ1) is 16.9. The number of hydrogen-bond donors (Lipinski definition) is 1.